The zero-order chi connectivity index (χ0) is 14.0. The monoisotopic (exact) mass is 261 g/mol. The van der Waals surface area contributed by atoms with Crippen molar-refractivity contribution < 1.29 is 13.2 Å². The molecule has 0 saturated carbocycles. The van der Waals surface area contributed by atoms with Crippen LogP contribution in [0.15, 0.2) is 18.3 Å². The average Bonchev–Trinajstić information content (AvgIpc) is 2.28. The van der Waals surface area contributed by atoms with E-state index >= 15 is 0 Å². The molecule has 0 saturated heterocycles. The van der Waals surface area contributed by atoms with Crippen molar-refractivity contribution in [3.05, 3.63) is 23.9 Å². The fraction of sp³-hybridized carbons (Fsp3) is 0.583. The average molecular weight is 261 g/mol. The molecule has 0 aromatic carbocycles. The van der Waals surface area contributed by atoms with Gasteiger partial charge in [-0.05, 0) is 25.0 Å². The summed E-state index contributed by atoms with van der Waals surface area (Å²) in [5.74, 6) is -0.0998. The van der Waals surface area contributed by atoms with Crippen LogP contribution in [0, 0.1) is 5.92 Å². The molecule has 0 fully saturated rings. The molecule has 0 amide bonds. The number of nitrogens with two attached hydrogens (primary N) is 1. The number of halogens is 3. The lowest BCUT2D eigenvalue weighted by Crippen LogP contribution is -2.47. The van der Waals surface area contributed by atoms with Crippen LogP contribution in [0.25, 0.3) is 0 Å². The maximum Gasteiger partial charge on any atom is 0.419 e. The van der Waals surface area contributed by atoms with Gasteiger partial charge in [-0.25, -0.2) is 4.98 Å². The molecule has 3 N–H and O–H groups in total. The molecule has 0 bridgehead atoms. The van der Waals surface area contributed by atoms with Crippen molar-refractivity contribution in [2.45, 2.75) is 32.5 Å². The summed E-state index contributed by atoms with van der Waals surface area (Å²) in [6, 6.07) is 2.27. The first-order chi connectivity index (χ1) is 8.20. The number of nitrogens with zero attached hydrogens (tertiary/aromatic N) is 1. The summed E-state index contributed by atoms with van der Waals surface area (Å²) in [4.78, 5) is 3.77. The summed E-state index contributed by atoms with van der Waals surface area (Å²) < 4.78 is 38.5. The molecule has 0 aliphatic rings. The number of nitrogens with one attached hydrogen (secondary N) is 1. The van der Waals surface area contributed by atoms with Crippen LogP contribution in [0.3, 0.4) is 0 Å². The molecule has 1 atom stereocenters. The number of anilines is 1. The van der Waals surface area contributed by atoms with E-state index in [0.717, 1.165) is 6.07 Å². The van der Waals surface area contributed by atoms with Gasteiger partial charge >= 0.3 is 6.18 Å². The Balaban J connectivity index is 3.12. The topological polar surface area (TPSA) is 50.9 Å². The molecule has 6 heteroatoms. The second kappa shape index (κ2) is 5.14. The Bertz CT molecular complexity index is 404. The molecule has 1 heterocycles. The second-order valence-corrected chi connectivity index (χ2v) is 4.80. The van der Waals surface area contributed by atoms with Gasteiger partial charge < -0.3 is 11.1 Å². The number of pyridine rings is 1. The summed E-state index contributed by atoms with van der Waals surface area (Å²) in [5, 5.41) is 2.82. The lowest BCUT2D eigenvalue weighted by molar-refractivity contribution is -0.137. The fourth-order valence-corrected chi connectivity index (χ4v) is 1.44. The molecule has 1 unspecified atom stereocenters. The van der Waals surface area contributed by atoms with Gasteiger partial charge in [0.05, 0.1) is 11.1 Å². The van der Waals surface area contributed by atoms with E-state index < -0.39 is 17.3 Å². The fourth-order valence-electron chi connectivity index (χ4n) is 1.44. The van der Waals surface area contributed by atoms with Gasteiger partial charge in [-0.3, -0.25) is 0 Å². The molecule has 0 aliphatic heterocycles. The van der Waals surface area contributed by atoms with Crippen LogP contribution in [0.1, 0.15) is 26.3 Å². The molecule has 0 spiro atoms. The van der Waals surface area contributed by atoms with Crippen molar-refractivity contribution in [1.29, 1.82) is 0 Å². The van der Waals surface area contributed by atoms with E-state index in [2.05, 4.69) is 10.3 Å². The van der Waals surface area contributed by atoms with Crippen LogP contribution in [0.4, 0.5) is 19.0 Å². The van der Waals surface area contributed by atoms with Gasteiger partial charge in [0.25, 0.3) is 0 Å². The molecule has 0 radical (unpaired) electrons. The smallest absolute Gasteiger partial charge is 0.363 e. The summed E-state index contributed by atoms with van der Waals surface area (Å²) in [5.41, 5.74) is 4.24. The summed E-state index contributed by atoms with van der Waals surface area (Å²) in [6.07, 6.45) is -3.10. The minimum absolute atomic E-state index is 0.0746. The van der Waals surface area contributed by atoms with Gasteiger partial charge in [0, 0.05) is 12.7 Å². The summed E-state index contributed by atoms with van der Waals surface area (Å²) in [6.45, 7) is 5.80. The third kappa shape index (κ3) is 3.13. The number of hydrogen-bond donors (Lipinski definition) is 2. The van der Waals surface area contributed by atoms with Gasteiger partial charge in [0.15, 0.2) is 0 Å². The zero-order valence-electron chi connectivity index (χ0n) is 10.7. The highest BCUT2D eigenvalue weighted by atomic mass is 19.4. The van der Waals surface area contributed by atoms with Crippen molar-refractivity contribution in [1.82, 2.24) is 4.98 Å². The first kappa shape index (κ1) is 14.8. The van der Waals surface area contributed by atoms with E-state index in [4.69, 9.17) is 5.73 Å². The van der Waals surface area contributed by atoms with Crippen LogP contribution in [-0.2, 0) is 6.18 Å². The van der Waals surface area contributed by atoms with E-state index in [1.54, 1.807) is 6.92 Å². The van der Waals surface area contributed by atoms with Crippen LogP contribution in [-0.4, -0.2) is 17.1 Å². The Hall–Kier alpha value is -1.30. The van der Waals surface area contributed by atoms with Crippen molar-refractivity contribution in [2.75, 3.05) is 11.9 Å². The third-order valence-electron chi connectivity index (χ3n) is 3.22. The first-order valence-electron chi connectivity index (χ1n) is 5.71. The summed E-state index contributed by atoms with van der Waals surface area (Å²) >= 11 is 0. The molecule has 102 valence electrons. The standard InChI is InChI=1S/C12H18F3N3/c1-8(2)11(3,7-16)18-10-9(12(13,14)15)5-4-6-17-10/h4-6,8H,7,16H2,1-3H3,(H,17,18). The molecule has 18 heavy (non-hydrogen) atoms. The van der Waals surface area contributed by atoms with Gasteiger partial charge in [-0.1, -0.05) is 13.8 Å². The summed E-state index contributed by atoms with van der Waals surface area (Å²) in [7, 11) is 0. The van der Waals surface area contributed by atoms with Crippen LogP contribution in [0.5, 0.6) is 0 Å². The van der Waals surface area contributed by atoms with Gasteiger partial charge in [0.1, 0.15) is 5.82 Å². The first-order valence-corrected chi connectivity index (χ1v) is 5.71. The van der Waals surface area contributed by atoms with E-state index in [0.29, 0.717) is 0 Å². The van der Waals surface area contributed by atoms with Gasteiger partial charge in [0.2, 0.25) is 0 Å². The Morgan fingerprint density at radius 3 is 2.44 bits per heavy atom. The minimum atomic E-state index is -4.43. The van der Waals surface area contributed by atoms with E-state index in [1.165, 1.54) is 12.3 Å². The predicted octanol–water partition coefficient (Wildman–Crippen LogP) is 2.89. The molecule has 3 nitrogen and oxygen atoms in total. The van der Waals surface area contributed by atoms with E-state index in [-0.39, 0.29) is 18.3 Å². The maximum absolute atomic E-state index is 12.8. The Labute approximate surface area is 105 Å². The highest BCUT2D eigenvalue weighted by Gasteiger charge is 2.36. The third-order valence-corrected chi connectivity index (χ3v) is 3.22. The Morgan fingerprint density at radius 1 is 1.39 bits per heavy atom. The Morgan fingerprint density at radius 2 is 2.00 bits per heavy atom. The molecule has 0 aliphatic carbocycles. The largest absolute Gasteiger partial charge is 0.419 e. The van der Waals surface area contributed by atoms with Crippen LogP contribution >= 0.6 is 0 Å². The number of rotatable bonds is 4. The molecular formula is C12H18F3N3. The van der Waals surface area contributed by atoms with Crippen molar-refractivity contribution in [3.63, 3.8) is 0 Å². The van der Waals surface area contributed by atoms with Crippen molar-refractivity contribution >= 4 is 5.82 Å². The molecule has 1 aromatic rings. The number of aromatic nitrogens is 1. The Kier molecular flexibility index (Phi) is 4.21. The van der Waals surface area contributed by atoms with Crippen molar-refractivity contribution in [2.24, 2.45) is 11.7 Å². The van der Waals surface area contributed by atoms with Crippen LogP contribution in [0.2, 0.25) is 0 Å². The number of alkyl halides is 3. The zero-order valence-corrected chi connectivity index (χ0v) is 10.7. The maximum atomic E-state index is 12.8. The second-order valence-electron chi connectivity index (χ2n) is 4.80. The highest BCUT2D eigenvalue weighted by Crippen LogP contribution is 2.35. The highest BCUT2D eigenvalue weighted by molar-refractivity contribution is 5.47. The predicted molar refractivity (Wildman–Crippen MR) is 65.2 cm³/mol. The quantitative estimate of drug-likeness (QED) is 0.876. The van der Waals surface area contributed by atoms with Crippen molar-refractivity contribution in [3.8, 4) is 0 Å². The molecular weight excluding hydrogens is 243 g/mol. The minimum Gasteiger partial charge on any atom is -0.363 e. The van der Waals surface area contributed by atoms with E-state index in [9.17, 15) is 13.2 Å². The lowest BCUT2D eigenvalue weighted by Gasteiger charge is -2.34. The number of hydrogen-bond acceptors (Lipinski definition) is 3. The van der Waals surface area contributed by atoms with Gasteiger partial charge in [-0.15, -0.1) is 0 Å². The van der Waals surface area contributed by atoms with E-state index in [1.807, 2.05) is 13.8 Å². The van der Waals surface area contributed by atoms with Gasteiger partial charge in [-0.2, -0.15) is 13.2 Å². The lowest BCUT2D eigenvalue weighted by atomic mass is 9.88. The van der Waals surface area contributed by atoms with Crippen LogP contribution < -0.4 is 11.1 Å². The molecule has 1 rings (SSSR count). The SMILES string of the molecule is CC(C)C(C)(CN)Nc1ncccc1C(F)(F)F. The normalized spacial score (nSPS) is 15.6. The molecule has 1 aromatic heterocycles.